The molecule has 2 aromatic carbocycles. The summed E-state index contributed by atoms with van der Waals surface area (Å²) in [6.45, 7) is 0.146. The molecule has 0 aliphatic carbocycles. The molecular formula is C14H8BrClFNO. The van der Waals surface area contributed by atoms with Gasteiger partial charge in [-0.15, -0.1) is 0 Å². The van der Waals surface area contributed by atoms with Crippen LogP contribution in [0.3, 0.4) is 0 Å². The minimum atomic E-state index is -0.354. The van der Waals surface area contributed by atoms with Gasteiger partial charge in [-0.25, -0.2) is 4.39 Å². The highest BCUT2D eigenvalue weighted by Crippen LogP contribution is 2.27. The van der Waals surface area contributed by atoms with Crippen molar-refractivity contribution in [3.05, 3.63) is 62.8 Å². The molecule has 0 spiro atoms. The third-order valence-corrected chi connectivity index (χ3v) is 3.70. The summed E-state index contributed by atoms with van der Waals surface area (Å²) in [5, 5.41) is 9.34. The summed E-state index contributed by atoms with van der Waals surface area (Å²) in [5.74, 6) is 0.0267. The zero-order chi connectivity index (χ0) is 13.8. The van der Waals surface area contributed by atoms with E-state index in [1.807, 2.05) is 6.07 Å². The van der Waals surface area contributed by atoms with Gasteiger partial charge in [0.2, 0.25) is 0 Å². The average molecular weight is 341 g/mol. The lowest BCUT2D eigenvalue weighted by Gasteiger charge is -2.10. The van der Waals surface area contributed by atoms with Crippen LogP contribution in [0.2, 0.25) is 5.02 Å². The fraction of sp³-hybridized carbons (Fsp3) is 0.0714. The van der Waals surface area contributed by atoms with Crippen LogP contribution in [0.15, 0.2) is 40.9 Å². The Labute approximate surface area is 123 Å². The molecule has 19 heavy (non-hydrogen) atoms. The Kier molecular flexibility index (Phi) is 4.41. The monoisotopic (exact) mass is 339 g/mol. The number of nitrogens with zero attached hydrogens (tertiary/aromatic N) is 1. The lowest BCUT2D eigenvalue weighted by Crippen LogP contribution is -1.99. The van der Waals surface area contributed by atoms with Crippen LogP contribution in [0.1, 0.15) is 11.1 Å². The minimum absolute atomic E-state index is 0.146. The van der Waals surface area contributed by atoms with Gasteiger partial charge in [-0.1, -0.05) is 29.8 Å². The number of rotatable bonds is 3. The highest BCUT2D eigenvalue weighted by atomic mass is 79.9. The summed E-state index contributed by atoms with van der Waals surface area (Å²) in [6.07, 6.45) is 0. The first kappa shape index (κ1) is 13.9. The summed E-state index contributed by atoms with van der Waals surface area (Å²) in [4.78, 5) is 0. The van der Waals surface area contributed by atoms with Crippen molar-refractivity contribution in [1.29, 1.82) is 5.26 Å². The molecule has 2 aromatic rings. The first-order chi connectivity index (χ1) is 9.13. The van der Waals surface area contributed by atoms with Crippen LogP contribution in [0.4, 0.5) is 4.39 Å². The van der Waals surface area contributed by atoms with Gasteiger partial charge in [-0.2, -0.15) is 5.26 Å². The standard InChI is InChI=1S/C14H8BrClFNO/c15-14-9(3-1-5-12(14)17)8-19-13-6-2-4-11(16)10(13)7-18/h1-6H,8H2. The molecule has 5 heteroatoms. The van der Waals surface area contributed by atoms with Crippen LogP contribution >= 0.6 is 27.5 Å². The van der Waals surface area contributed by atoms with Crippen molar-refractivity contribution < 1.29 is 9.13 Å². The predicted molar refractivity (Wildman–Crippen MR) is 74.6 cm³/mol. The Morgan fingerprint density at radius 1 is 1.26 bits per heavy atom. The number of hydrogen-bond acceptors (Lipinski definition) is 2. The van der Waals surface area contributed by atoms with Gasteiger partial charge in [-0.3, -0.25) is 0 Å². The summed E-state index contributed by atoms with van der Waals surface area (Å²) in [7, 11) is 0. The van der Waals surface area contributed by atoms with E-state index in [4.69, 9.17) is 21.6 Å². The molecule has 96 valence electrons. The maximum atomic E-state index is 13.3. The van der Waals surface area contributed by atoms with Gasteiger partial charge in [0.05, 0.1) is 9.50 Å². The van der Waals surface area contributed by atoms with Crippen LogP contribution in [-0.2, 0) is 6.61 Å². The van der Waals surface area contributed by atoms with Crippen LogP contribution < -0.4 is 4.74 Å². The van der Waals surface area contributed by atoms with Crippen LogP contribution in [0.25, 0.3) is 0 Å². The smallest absolute Gasteiger partial charge is 0.139 e. The SMILES string of the molecule is N#Cc1c(Cl)cccc1OCc1cccc(F)c1Br. The van der Waals surface area contributed by atoms with Gasteiger partial charge in [0, 0.05) is 5.56 Å². The maximum Gasteiger partial charge on any atom is 0.139 e. The van der Waals surface area contributed by atoms with Crippen molar-refractivity contribution in [2.75, 3.05) is 0 Å². The zero-order valence-electron chi connectivity index (χ0n) is 9.66. The molecule has 0 radical (unpaired) electrons. The fourth-order valence-electron chi connectivity index (χ4n) is 1.55. The molecule has 0 fully saturated rings. The summed E-state index contributed by atoms with van der Waals surface area (Å²) in [5.41, 5.74) is 0.931. The molecule has 0 aliphatic rings. The van der Waals surface area contributed by atoms with Crippen molar-refractivity contribution in [3.8, 4) is 11.8 Å². The van der Waals surface area contributed by atoms with E-state index in [0.29, 0.717) is 20.8 Å². The number of ether oxygens (including phenoxy) is 1. The largest absolute Gasteiger partial charge is 0.487 e. The summed E-state index contributed by atoms with van der Waals surface area (Å²) >= 11 is 9.05. The second kappa shape index (κ2) is 6.05. The molecule has 0 amide bonds. The molecular weight excluding hydrogens is 333 g/mol. The van der Waals surface area contributed by atoms with Crippen molar-refractivity contribution >= 4 is 27.5 Å². The normalized spacial score (nSPS) is 10.0. The van der Waals surface area contributed by atoms with Crippen molar-refractivity contribution in [3.63, 3.8) is 0 Å². The molecule has 0 heterocycles. The second-order valence-electron chi connectivity index (χ2n) is 3.73. The van der Waals surface area contributed by atoms with Crippen molar-refractivity contribution in [1.82, 2.24) is 0 Å². The molecule has 0 bridgehead atoms. The lowest BCUT2D eigenvalue weighted by atomic mass is 10.2. The van der Waals surface area contributed by atoms with Gasteiger partial charge in [-0.05, 0) is 34.1 Å². The van der Waals surface area contributed by atoms with Gasteiger partial charge >= 0.3 is 0 Å². The van der Waals surface area contributed by atoms with E-state index in [9.17, 15) is 4.39 Å². The van der Waals surface area contributed by atoms with Gasteiger partial charge < -0.3 is 4.74 Å². The number of benzene rings is 2. The quantitative estimate of drug-likeness (QED) is 0.812. The highest BCUT2D eigenvalue weighted by Gasteiger charge is 2.10. The highest BCUT2D eigenvalue weighted by molar-refractivity contribution is 9.10. The topological polar surface area (TPSA) is 33.0 Å². The maximum absolute atomic E-state index is 13.3. The zero-order valence-corrected chi connectivity index (χ0v) is 12.0. The molecule has 0 unspecified atom stereocenters. The van der Waals surface area contributed by atoms with Crippen molar-refractivity contribution in [2.24, 2.45) is 0 Å². The van der Waals surface area contributed by atoms with E-state index >= 15 is 0 Å². The second-order valence-corrected chi connectivity index (χ2v) is 4.93. The minimum Gasteiger partial charge on any atom is -0.487 e. The molecule has 0 saturated heterocycles. The average Bonchev–Trinajstić information content (AvgIpc) is 2.40. The number of nitriles is 1. The van der Waals surface area contributed by atoms with E-state index in [-0.39, 0.29) is 18.0 Å². The van der Waals surface area contributed by atoms with Crippen LogP contribution in [-0.4, -0.2) is 0 Å². The van der Waals surface area contributed by atoms with E-state index in [1.165, 1.54) is 6.07 Å². The Morgan fingerprint density at radius 2 is 2.00 bits per heavy atom. The Hall–Kier alpha value is -1.57. The third kappa shape index (κ3) is 3.06. The molecule has 0 aromatic heterocycles. The third-order valence-electron chi connectivity index (χ3n) is 2.50. The lowest BCUT2D eigenvalue weighted by molar-refractivity contribution is 0.304. The Morgan fingerprint density at radius 3 is 2.74 bits per heavy atom. The molecule has 2 rings (SSSR count). The van der Waals surface area contributed by atoms with E-state index in [2.05, 4.69) is 15.9 Å². The first-order valence-electron chi connectivity index (χ1n) is 5.37. The first-order valence-corrected chi connectivity index (χ1v) is 6.55. The van der Waals surface area contributed by atoms with Gasteiger partial charge in [0.15, 0.2) is 0 Å². The van der Waals surface area contributed by atoms with E-state index in [0.717, 1.165) is 0 Å². The summed E-state index contributed by atoms with van der Waals surface area (Å²) < 4.78 is 19.2. The van der Waals surface area contributed by atoms with E-state index in [1.54, 1.807) is 30.3 Å². The van der Waals surface area contributed by atoms with Gasteiger partial charge in [0.1, 0.15) is 29.8 Å². The fourth-order valence-corrected chi connectivity index (χ4v) is 2.14. The number of halogens is 3. The van der Waals surface area contributed by atoms with Crippen LogP contribution in [0.5, 0.6) is 5.75 Å². The molecule has 0 N–H and O–H groups in total. The summed E-state index contributed by atoms with van der Waals surface area (Å²) in [6, 6.07) is 11.6. The molecule has 0 saturated carbocycles. The molecule has 0 aliphatic heterocycles. The number of hydrogen-bond donors (Lipinski definition) is 0. The Bertz CT molecular complexity index is 654. The molecule has 2 nitrogen and oxygen atoms in total. The van der Waals surface area contributed by atoms with Crippen LogP contribution in [0, 0.1) is 17.1 Å². The van der Waals surface area contributed by atoms with E-state index < -0.39 is 0 Å². The van der Waals surface area contributed by atoms with Crippen molar-refractivity contribution in [2.45, 2.75) is 6.61 Å². The Balaban J connectivity index is 2.22. The van der Waals surface area contributed by atoms with Gasteiger partial charge in [0.25, 0.3) is 0 Å². The predicted octanol–water partition coefficient (Wildman–Crippen LogP) is 4.69. The molecule has 0 atom stereocenters.